The van der Waals surface area contributed by atoms with Crippen molar-refractivity contribution < 1.29 is 0 Å². The first-order chi connectivity index (χ1) is 8.31. The third-order valence-electron chi connectivity index (χ3n) is 3.25. The number of aromatic nitrogens is 3. The summed E-state index contributed by atoms with van der Waals surface area (Å²) in [6.45, 7) is 7.44. The minimum Gasteiger partial charge on any atom is -0.314 e. The van der Waals surface area contributed by atoms with Gasteiger partial charge >= 0.3 is 0 Å². The van der Waals surface area contributed by atoms with Crippen LogP contribution in [0.4, 0.5) is 0 Å². The van der Waals surface area contributed by atoms with Crippen LogP contribution in [0, 0.1) is 5.92 Å². The Balaban J connectivity index is 1.74. The summed E-state index contributed by atoms with van der Waals surface area (Å²) in [6, 6.07) is 0. The number of rotatable bonds is 8. The molecule has 1 N–H and O–H groups in total. The summed E-state index contributed by atoms with van der Waals surface area (Å²) < 4.78 is 1.95. The number of hydrogen-bond acceptors (Lipinski definition) is 4. The Bertz CT molecular complexity index is 331. The monoisotopic (exact) mass is 237 g/mol. The van der Waals surface area contributed by atoms with Gasteiger partial charge < -0.3 is 10.2 Å². The van der Waals surface area contributed by atoms with Crippen molar-refractivity contribution in [1.82, 2.24) is 25.2 Å². The Morgan fingerprint density at radius 1 is 1.53 bits per heavy atom. The Labute approximate surface area is 103 Å². The van der Waals surface area contributed by atoms with E-state index in [-0.39, 0.29) is 0 Å². The zero-order valence-corrected chi connectivity index (χ0v) is 10.9. The molecular weight excluding hydrogens is 214 g/mol. The number of hydrogen-bond donors (Lipinski definition) is 1. The first kappa shape index (κ1) is 12.5. The van der Waals surface area contributed by atoms with Crippen LogP contribution < -0.4 is 5.32 Å². The summed E-state index contributed by atoms with van der Waals surface area (Å²) >= 11 is 0. The van der Waals surface area contributed by atoms with Gasteiger partial charge in [-0.3, -0.25) is 4.68 Å². The molecule has 5 heteroatoms. The largest absolute Gasteiger partial charge is 0.314 e. The van der Waals surface area contributed by atoms with Gasteiger partial charge in [-0.2, -0.15) is 0 Å². The molecule has 0 atom stereocenters. The van der Waals surface area contributed by atoms with Gasteiger partial charge in [-0.15, -0.1) is 5.10 Å². The highest BCUT2D eigenvalue weighted by Crippen LogP contribution is 2.29. The van der Waals surface area contributed by atoms with Crippen LogP contribution in [0.2, 0.25) is 0 Å². The average molecular weight is 237 g/mol. The van der Waals surface area contributed by atoms with E-state index in [4.69, 9.17) is 0 Å². The lowest BCUT2D eigenvalue weighted by Crippen LogP contribution is -2.29. The molecule has 0 saturated heterocycles. The van der Waals surface area contributed by atoms with Crippen LogP contribution in [-0.4, -0.2) is 46.6 Å². The van der Waals surface area contributed by atoms with Gasteiger partial charge in [-0.25, -0.2) is 0 Å². The summed E-state index contributed by atoms with van der Waals surface area (Å²) in [5.41, 5.74) is 1.01. The highest BCUT2D eigenvalue weighted by atomic mass is 15.4. The van der Waals surface area contributed by atoms with Crippen molar-refractivity contribution >= 4 is 0 Å². The van der Waals surface area contributed by atoms with E-state index in [0.717, 1.165) is 37.8 Å². The molecule has 0 aromatic carbocycles. The molecule has 17 heavy (non-hydrogen) atoms. The molecule has 96 valence electrons. The summed E-state index contributed by atoms with van der Waals surface area (Å²) in [6.07, 6.45) is 4.87. The van der Waals surface area contributed by atoms with Crippen molar-refractivity contribution in [3.05, 3.63) is 11.9 Å². The molecule has 5 nitrogen and oxygen atoms in total. The van der Waals surface area contributed by atoms with E-state index in [1.165, 1.54) is 19.4 Å². The smallest absolute Gasteiger partial charge is 0.0964 e. The highest BCUT2D eigenvalue weighted by Gasteiger charge is 2.23. The lowest BCUT2D eigenvalue weighted by atomic mass is 10.3. The maximum absolute atomic E-state index is 4.14. The summed E-state index contributed by atoms with van der Waals surface area (Å²) in [5, 5.41) is 11.3. The molecular formula is C12H23N5. The summed E-state index contributed by atoms with van der Waals surface area (Å²) in [7, 11) is 1.92. The second-order valence-electron chi connectivity index (χ2n) is 4.84. The SMILES string of the molecule is CCN(CCn1cc(CNC)nn1)CC1CC1. The lowest BCUT2D eigenvalue weighted by molar-refractivity contribution is 0.260. The molecule has 0 spiro atoms. The van der Waals surface area contributed by atoms with Crippen molar-refractivity contribution in [2.24, 2.45) is 5.92 Å². The third-order valence-corrected chi connectivity index (χ3v) is 3.25. The van der Waals surface area contributed by atoms with Crippen LogP contribution in [0.15, 0.2) is 6.20 Å². The highest BCUT2D eigenvalue weighted by molar-refractivity contribution is 4.91. The van der Waals surface area contributed by atoms with Crippen LogP contribution in [0.25, 0.3) is 0 Å². The van der Waals surface area contributed by atoms with Gasteiger partial charge in [0.15, 0.2) is 0 Å². The van der Waals surface area contributed by atoms with E-state index in [2.05, 4.69) is 27.5 Å². The van der Waals surface area contributed by atoms with Crippen LogP contribution in [0.5, 0.6) is 0 Å². The molecule has 0 amide bonds. The van der Waals surface area contributed by atoms with Gasteiger partial charge in [0.25, 0.3) is 0 Å². The van der Waals surface area contributed by atoms with Crippen molar-refractivity contribution in [3.8, 4) is 0 Å². The molecule has 1 aromatic rings. The minimum atomic E-state index is 0.791. The van der Waals surface area contributed by atoms with Crippen LogP contribution >= 0.6 is 0 Å². The molecule has 1 saturated carbocycles. The molecule has 1 aliphatic carbocycles. The first-order valence-electron chi connectivity index (χ1n) is 6.57. The van der Waals surface area contributed by atoms with Crippen LogP contribution in [0.1, 0.15) is 25.5 Å². The quantitative estimate of drug-likeness (QED) is 0.724. The molecule has 0 bridgehead atoms. The molecule has 2 rings (SSSR count). The Kier molecular flexibility index (Phi) is 4.50. The topological polar surface area (TPSA) is 46.0 Å². The fraction of sp³-hybridized carbons (Fsp3) is 0.833. The van der Waals surface area contributed by atoms with Crippen molar-refractivity contribution in [2.45, 2.75) is 32.9 Å². The van der Waals surface area contributed by atoms with Gasteiger partial charge in [0.1, 0.15) is 0 Å². The van der Waals surface area contributed by atoms with E-state index < -0.39 is 0 Å². The minimum absolute atomic E-state index is 0.791. The normalized spacial score (nSPS) is 15.7. The van der Waals surface area contributed by atoms with Crippen LogP contribution in [0.3, 0.4) is 0 Å². The number of nitrogens with zero attached hydrogens (tertiary/aromatic N) is 4. The number of nitrogens with one attached hydrogen (secondary N) is 1. The van der Waals surface area contributed by atoms with E-state index in [0.29, 0.717) is 0 Å². The molecule has 1 heterocycles. The van der Waals surface area contributed by atoms with Crippen LogP contribution in [-0.2, 0) is 13.1 Å². The predicted octanol–water partition coefficient (Wildman–Crippen LogP) is 0.729. The second kappa shape index (κ2) is 6.12. The van der Waals surface area contributed by atoms with E-state index >= 15 is 0 Å². The van der Waals surface area contributed by atoms with E-state index in [1.807, 2.05) is 17.9 Å². The van der Waals surface area contributed by atoms with Gasteiger partial charge in [-0.05, 0) is 32.4 Å². The summed E-state index contributed by atoms with van der Waals surface area (Å²) in [4.78, 5) is 2.51. The van der Waals surface area contributed by atoms with Gasteiger partial charge in [0.05, 0.1) is 12.2 Å². The zero-order chi connectivity index (χ0) is 12.1. The van der Waals surface area contributed by atoms with Crippen molar-refractivity contribution in [1.29, 1.82) is 0 Å². The third kappa shape index (κ3) is 4.09. The predicted molar refractivity (Wildman–Crippen MR) is 67.6 cm³/mol. The Morgan fingerprint density at radius 3 is 3.00 bits per heavy atom. The molecule has 0 aliphatic heterocycles. The zero-order valence-electron chi connectivity index (χ0n) is 10.9. The first-order valence-corrected chi connectivity index (χ1v) is 6.57. The fourth-order valence-corrected chi connectivity index (χ4v) is 2.00. The van der Waals surface area contributed by atoms with Crippen molar-refractivity contribution in [3.63, 3.8) is 0 Å². The maximum Gasteiger partial charge on any atom is 0.0964 e. The molecule has 1 aromatic heterocycles. The second-order valence-corrected chi connectivity index (χ2v) is 4.84. The molecule has 0 unspecified atom stereocenters. The van der Waals surface area contributed by atoms with E-state index in [9.17, 15) is 0 Å². The molecule has 0 radical (unpaired) electrons. The van der Waals surface area contributed by atoms with E-state index in [1.54, 1.807) is 0 Å². The number of likely N-dealkylation sites (N-methyl/N-ethyl adjacent to an activating group) is 1. The summed E-state index contributed by atoms with van der Waals surface area (Å²) in [5.74, 6) is 0.963. The fourth-order valence-electron chi connectivity index (χ4n) is 2.00. The van der Waals surface area contributed by atoms with Gasteiger partial charge in [0, 0.05) is 25.8 Å². The standard InChI is InChI=1S/C12H23N5/c1-3-16(9-11-4-5-11)6-7-17-10-12(8-13-2)14-15-17/h10-11,13H,3-9H2,1-2H3. The van der Waals surface area contributed by atoms with Gasteiger partial charge in [-0.1, -0.05) is 12.1 Å². The Morgan fingerprint density at radius 2 is 2.35 bits per heavy atom. The molecule has 1 fully saturated rings. The average Bonchev–Trinajstić information content (AvgIpc) is 3.04. The van der Waals surface area contributed by atoms with Gasteiger partial charge in [0.2, 0.25) is 0 Å². The molecule has 1 aliphatic rings. The van der Waals surface area contributed by atoms with Crippen molar-refractivity contribution in [2.75, 3.05) is 26.7 Å². The lowest BCUT2D eigenvalue weighted by Gasteiger charge is -2.19. The maximum atomic E-state index is 4.14. The Hall–Kier alpha value is -0.940.